The number of amides is 1. The highest BCUT2D eigenvalue weighted by molar-refractivity contribution is 8.00. The quantitative estimate of drug-likeness (QED) is 0.506. The first kappa shape index (κ1) is 18.0. The number of fused-ring (bicyclic) bond motifs is 1. The second-order valence-electron chi connectivity index (χ2n) is 7.17. The minimum Gasteiger partial charge on any atom is -0.357 e. The maximum Gasteiger partial charge on any atom is 0.230 e. The van der Waals surface area contributed by atoms with Crippen LogP contribution in [0.1, 0.15) is 37.7 Å². The molecule has 0 radical (unpaired) electrons. The molecule has 0 unspecified atom stereocenters. The Balaban J connectivity index is 1.49. The fourth-order valence-corrected chi connectivity index (χ4v) is 4.48. The number of aromatic nitrogens is 3. The number of benzene rings is 1. The number of carbonyl (C=O) groups is 1. The highest BCUT2D eigenvalue weighted by atomic mass is 32.2. The van der Waals surface area contributed by atoms with Crippen molar-refractivity contribution < 1.29 is 4.79 Å². The monoisotopic (exact) mass is 380 g/mol. The lowest BCUT2D eigenvalue weighted by molar-refractivity contribution is -0.119. The molecule has 0 spiro atoms. The molecule has 2 N–H and O–H groups in total. The van der Waals surface area contributed by atoms with E-state index in [0.29, 0.717) is 11.8 Å². The first-order valence-electron chi connectivity index (χ1n) is 9.52. The second-order valence-corrected chi connectivity index (χ2v) is 8.13. The topological polar surface area (TPSA) is 70.7 Å². The van der Waals surface area contributed by atoms with Crippen LogP contribution in [0.25, 0.3) is 22.2 Å². The van der Waals surface area contributed by atoms with Gasteiger partial charge in [-0.1, -0.05) is 60.9 Å². The Hall–Kier alpha value is -2.34. The van der Waals surface area contributed by atoms with Crippen molar-refractivity contribution in [2.45, 2.75) is 50.1 Å². The summed E-state index contributed by atoms with van der Waals surface area (Å²) < 4.78 is 0. The highest BCUT2D eigenvalue weighted by Gasteiger charge is 2.17. The molecule has 3 aromatic rings. The van der Waals surface area contributed by atoms with Crippen LogP contribution in [0.15, 0.2) is 41.8 Å². The van der Waals surface area contributed by atoms with Gasteiger partial charge in [-0.2, -0.15) is 0 Å². The summed E-state index contributed by atoms with van der Waals surface area (Å²) in [4.78, 5) is 24.5. The first-order chi connectivity index (χ1) is 13.2. The molecule has 0 aliphatic heterocycles. The Morgan fingerprint density at radius 2 is 2.11 bits per heavy atom. The van der Waals surface area contributed by atoms with E-state index in [0.717, 1.165) is 40.0 Å². The standard InChI is InChI=1S/C21H24N4OS/c1-14-6-5-7-15(10-14)17-11-22-20-19(17)23-13-24-21(20)27-12-18(26)25-16-8-3-2-4-9-16/h5-7,10-11,13,16,22H,2-4,8-9,12H2,1H3,(H,25,26). The lowest BCUT2D eigenvalue weighted by atomic mass is 9.95. The van der Waals surface area contributed by atoms with E-state index < -0.39 is 0 Å². The second kappa shape index (κ2) is 8.13. The number of hydrogen-bond donors (Lipinski definition) is 2. The van der Waals surface area contributed by atoms with Crippen LogP contribution in [0.2, 0.25) is 0 Å². The zero-order chi connectivity index (χ0) is 18.6. The fourth-order valence-electron chi connectivity index (χ4n) is 3.71. The van der Waals surface area contributed by atoms with Crippen molar-refractivity contribution in [2.75, 3.05) is 5.75 Å². The van der Waals surface area contributed by atoms with Gasteiger partial charge in [-0.05, 0) is 25.3 Å². The Morgan fingerprint density at radius 3 is 2.93 bits per heavy atom. The summed E-state index contributed by atoms with van der Waals surface area (Å²) in [5.74, 6) is 0.464. The number of aromatic amines is 1. The molecule has 0 bridgehead atoms. The number of hydrogen-bond acceptors (Lipinski definition) is 4. The molecule has 27 heavy (non-hydrogen) atoms. The minimum atomic E-state index is 0.0872. The molecular formula is C21H24N4OS. The largest absolute Gasteiger partial charge is 0.357 e. The minimum absolute atomic E-state index is 0.0872. The Labute approximate surface area is 163 Å². The molecule has 1 aliphatic carbocycles. The number of thioether (sulfide) groups is 1. The predicted octanol–water partition coefficient (Wildman–Crippen LogP) is 4.47. The van der Waals surface area contributed by atoms with E-state index in [1.54, 1.807) is 6.33 Å². The maximum absolute atomic E-state index is 12.3. The van der Waals surface area contributed by atoms with Gasteiger partial charge in [-0.25, -0.2) is 9.97 Å². The molecule has 0 saturated heterocycles. The molecule has 1 amide bonds. The third-order valence-electron chi connectivity index (χ3n) is 5.07. The molecule has 0 atom stereocenters. The average molecular weight is 381 g/mol. The Morgan fingerprint density at radius 1 is 1.26 bits per heavy atom. The van der Waals surface area contributed by atoms with Gasteiger partial charge in [-0.15, -0.1) is 0 Å². The molecule has 1 aliphatic rings. The molecule has 6 heteroatoms. The lowest BCUT2D eigenvalue weighted by Crippen LogP contribution is -2.37. The van der Waals surface area contributed by atoms with E-state index in [2.05, 4.69) is 51.5 Å². The van der Waals surface area contributed by atoms with Crippen molar-refractivity contribution in [3.63, 3.8) is 0 Å². The molecule has 4 rings (SSSR count). The van der Waals surface area contributed by atoms with E-state index in [9.17, 15) is 4.79 Å². The van der Waals surface area contributed by atoms with E-state index in [4.69, 9.17) is 0 Å². The molecule has 2 aromatic heterocycles. The van der Waals surface area contributed by atoms with E-state index in [1.165, 1.54) is 36.6 Å². The summed E-state index contributed by atoms with van der Waals surface area (Å²) in [5.41, 5.74) is 5.19. The van der Waals surface area contributed by atoms with Crippen LogP contribution < -0.4 is 5.32 Å². The molecule has 1 fully saturated rings. The first-order valence-corrected chi connectivity index (χ1v) is 10.5. The van der Waals surface area contributed by atoms with Crippen molar-refractivity contribution in [3.8, 4) is 11.1 Å². The number of carbonyl (C=O) groups excluding carboxylic acids is 1. The summed E-state index contributed by atoms with van der Waals surface area (Å²) in [6, 6.07) is 8.71. The van der Waals surface area contributed by atoms with Gasteiger partial charge in [0.2, 0.25) is 5.91 Å². The summed E-state index contributed by atoms with van der Waals surface area (Å²) >= 11 is 1.46. The van der Waals surface area contributed by atoms with Gasteiger partial charge >= 0.3 is 0 Å². The Bertz CT molecular complexity index is 946. The zero-order valence-electron chi connectivity index (χ0n) is 15.5. The van der Waals surface area contributed by atoms with Crippen LogP contribution in [0.5, 0.6) is 0 Å². The molecule has 1 saturated carbocycles. The molecule has 5 nitrogen and oxygen atoms in total. The van der Waals surface area contributed by atoms with Crippen LogP contribution in [-0.2, 0) is 4.79 Å². The summed E-state index contributed by atoms with van der Waals surface area (Å²) in [7, 11) is 0. The van der Waals surface area contributed by atoms with Crippen LogP contribution >= 0.6 is 11.8 Å². The van der Waals surface area contributed by atoms with Crippen LogP contribution in [0, 0.1) is 6.92 Å². The smallest absolute Gasteiger partial charge is 0.230 e. The van der Waals surface area contributed by atoms with Gasteiger partial charge in [0, 0.05) is 17.8 Å². The van der Waals surface area contributed by atoms with Gasteiger partial charge in [0.25, 0.3) is 0 Å². The molecule has 1 aromatic carbocycles. The number of rotatable bonds is 5. The molecule has 140 valence electrons. The van der Waals surface area contributed by atoms with Crippen molar-refractivity contribution in [3.05, 3.63) is 42.4 Å². The van der Waals surface area contributed by atoms with Crippen molar-refractivity contribution in [2.24, 2.45) is 0 Å². The Kier molecular flexibility index (Phi) is 5.43. The van der Waals surface area contributed by atoms with Gasteiger partial charge < -0.3 is 10.3 Å². The van der Waals surface area contributed by atoms with E-state index in [-0.39, 0.29) is 5.91 Å². The number of aryl methyl sites for hydroxylation is 1. The van der Waals surface area contributed by atoms with Crippen molar-refractivity contribution >= 4 is 28.7 Å². The zero-order valence-corrected chi connectivity index (χ0v) is 16.3. The predicted molar refractivity (Wildman–Crippen MR) is 110 cm³/mol. The van der Waals surface area contributed by atoms with Crippen molar-refractivity contribution in [1.82, 2.24) is 20.3 Å². The van der Waals surface area contributed by atoms with Crippen molar-refractivity contribution in [1.29, 1.82) is 0 Å². The normalized spacial score (nSPS) is 15.1. The number of H-pyrrole nitrogens is 1. The maximum atomic E-state index is 12.3. The third kappa shape index (κ3) is 4.16. The van der Waals surface area contributed by atoms with Gasteiger partial charge in [-0.3, -0.25) is 4.79 Å². The van der Waals surface area contributed by atoms with Gasteiger partial charge in [0.05, 0.1) is 11.3 Å². The summed E-state index contributed by atoms with van der Waals surface area (Å²) in [5, 5.41) is 3.98. The van der Waals surface area contributed by atoms with Gasteiger partial charge in [0.1, 0.15) is 16.9 Å². The third-order valence-corrected chi connectivity index (χ3v) is 6.06. The van der Waals surface area contributed by atoms with Crippen LogP contribution in [0.4, 0.5) is 0 Å². The average Bonchev–Trinajstić information content (AvgIpc) is 3.12. The number of nitrogens with zero attached hydrogens (tertiary/aromatic N) is 2. The lowest BCUT2D eigenvalue weighted by Gasteiger charge is -2.22. The van der Waals surface area contributed by atoms with E-state index >= 15 is 0 Å². The number of nitrogens with one attached hydrogen (secondary N) is 2. The van der Waals surface area contributed by atoms with Crippen LogP contribution in [0.3, 0.4) is 0 Å². The SMILES string of the molecule is Cc1cccc(-c2c[nH]c3c(SCC(=O)NC4CCCCC4)ncnc23)c1. The highest BCUT2D eigenvalue weighted by Crippen LogP contribution is 2.31. The van der Waals surface area contributed by atoms with Crippen LogP contribution in [-0.4, -0.2) is 32.7 Å². The summed E-state index contributed by atoms with van der Waals surface area (Å²) in [6.07, 6.45) is 9.48. The summed E-state index contributed by atoms with van der Waals surface area (Å²) in [6.45, 7) is 2.08. The van der Waals surface area contributed by atoms with Gasteiger partial charge in [0.15, 0.2) is 0 Å². The molecule has 2 heterocycles. The fraction of sp³-hybridized carbons (Fsp3) is 0.381. The van der Waals surface area contributed by atoms with E-state index in [1.807, 2.05) is 6.20 Å². The molecular weight excluding hydrogens is 356 g/mol.